The molecule has 1 aliphatic carbocycles. The van der Waals surface area contributed by atoms with Crippen molar-refractivity contribution in [2.24, 2.45) is 0 Å². The molecule has 0 bridgehead atoms. The third kappa shape index (κ3) is 1.81. The molecule has 0 saturated carbocycles. The normalized spacial score (nSPS) is 18.9. The van der Waals surface area contributed by atoms with Crippen LogP contribution in [-0.4, -0.2) is 6.54 Å². The monoisotopic (exact) mass is 243 g/mol. The van der Waals surface area contributed by atoms with Gasteiger partial charge in [0.25, 0.3) is 0 Å². The first kappa shape index (κ1) is 11.7. The third-order valence-electron chi connectivity index (χ3n) is 3.89. The molecule has 1 nitrogen and oxygen atoms in total. The van der Waals surface area contributed by atoms with Crippen molar-refractivity contribution in [1.82, 2.24) is 5.32 Å². The van der Waals surface area contributed by atoms with Crippen molar-refractivity contribution >= 4 is 10.8 Å². The van der Waals surface area contributed by atoms with Gasteiger partial charge in [-0.1, -0.05) is 31.2 Å². The molecule has 0 saturated heterocycles. The summed E-state index contributed by atoms with van der Waals surface area (Å²) in [5, 5.41) is 5.32. The van der Waals surface area contributed by atoms with Gasteiger partial charge < -0.3 is 5.32 Å². The minimum atomic E-state index is -0.0887. The van der Waals surface area contributed by atoms with Gasteiger partial charge in [0.1, 0.15) is 5.82 Å². The van der Waals surface area contributed by atoms with Crippen LogP contribution in [0.4, 0.5) is 4.39 Å². The van der Waals surface area contributed by atoms with Gasteiger partial charge in [0.05, 0.1) is 0 Å². The van der Waals surface area contributed by atoms with Gasteiger partial charge in [-0.05, 0) is 48.4 Å². The van der Waals surface area contributed by atoms with Crippen molar-refractivity contribution in [2.45, 2.75) is 32.2 Å². The molecule has 3 rings (SSSR count). The number of hydrogen-bond donors (Lipinski definition) is 1. The molecule has 94 valence electrons. The molecule has 1 aliphatic rings. The lowest BCUT2D eigenvalue weighted by molar-refractivity contribution is 0.470. The van der Waals surface area contributed by atoms with Crippen LogP contribution in [0.2, 0.25) is 0 Å². The van der Waals surface area contributed by atoms with E-state index in [2.05, 4.69) is 12.2 Å². The maximum atomic E-state index is 14.2. The quantitative estimate of drug-likeness (QED) is 0.841. The van der Waals surface area contributed by atoms with E-state index in [0.717, 1.165) is 30.2 Å². The lowest BCUT2D eigenvalue weighted by Gasteiger charge is -2.27. The summed E-state index contributed by atoms with van der Waals surface area (Å²) in [5.41, 5.74) is 2.50. The lowest BCUT2D eigenvalue weighted by atomic mass is 9.84. The number of benzene rings is 2. The predicted molar refractivity (Wildman–Crippen MR) is 73.3 cm³/mol. The standard InChI is InChI=1S/C16H18FN/c1-2-18-16-9-5-8-12-11-6-3-4-7-13(11)15(17)10-14(12)16/h3-4,6-7,10,16,18H,2,5,8-9H2,1H3. The van der Waals surface area contributed by atoms with E-state index in [1.165, 1.54) is 17.5 Å². The van der Waals surface area contributed by atoms with Gasteiger partial charge in [-0.2, -0.15) is 0 Å². The smallest absolute Gasteiger partial charge is 0.131 e. The average Bonchev–Trinajstić information content (AvgIpc) is 2.41. The van der Waals surface area contributed by atoms with Crippen LogP contribution in [0.5, 0.6) is 0 Å². The minimum Gasteiger partial charge on any atom is -0.310 e. The van der Waals surface area contributed by atoms with Crippen LogP contribution in [-0.2, 0) is 6.42 Å². The molecule has 2 heteroatoms. The van der Waals surface area contributed by atoms with Gasteiger partial charge in [-0.15, -0.1) is 0 Å². The van der Waals surface area contributed by atoms with E-state index in [1.54, 1.807) is 6.07 Å². The van der Waals surface area contributed by atoms with Crippen LogP contribution < -0.4 is 5.32 Å². The molecule has 0 radical (unpaired) electrons. The van der Waals surface area contributed by atoms with E-state index in [-0.39, 0.29) is 5.82 Å². The van der Waals surface area contributed by atoms with E-state index < -0.39 is 0 Å². The lowest BCUT2D eigenvalue weighted by Crippen LogP contribution is -2.25. The summed E-state index contributed by atoms with van der Waals surface area (Å²) in [6.07, 6.45) is 3.36. The zero-order valence-corrected chi connectivity index (χ0v) is 10.7. The highest BCUT2D eigenvalue weighted by Crippen LogP contribution is 2.35. The molecule has 2 aromatic rings. The molecule has 1 N–H and O–H groups in total. The molecular weight excluding hydrogens is 225 g/mol. The molecule has 0 heterocycles. The second kappa shape index (κ2) is 4.69. The van der Waals surface area contributed by atoms with Gasteiger partial charge in [0.15, 0.2) is 0 Å². The second-order valence-corrected chi connectivity index (χ2v) is 4.97. The van der Waals surface area contributed by atoms with Crippen LogP contribution >= 0.6 is 0 Å². The Hall–Kier alpha value is -1.41. The van der Waals surface area contributed by atoms with Crippen molar-refractivity contribution in [3.8, 4) is 0 Å². The fraction of sp³-hybridized carbons (Fsp3) is 0.375. The van der Waals surface area contributed by atoms with Crippen LogP contribution in [0.1, 0.15) is 36.9 Å². The maximum Gasteiger partial charge on any atom is 0.131 e. The maximum absolute atomic E-state index is 14.2. The molecule has 0 aromatic heterocycles. The van der Waals surface area contributed by atoms with E-state index in [4.69, 9.17) is 0 Å². The van der Waals surface area contributed by atoms with Crippen molar-refractivity contribution in [3.63, 3.8) is 0 Å². The second-order valence-electron chi connectivity index (χ2n) is 4.97. The highest BCUT2D eigenvalue weighted by atomic mass is 19.1. The number of rotatable bonds is 2. The first-order valence-electron chi connectivity index (χ1n) is 6.74. The Labute approximate surface area is 107 Å². The first-order valence-corrected chi connectivity index (χ1v) is 6.74. The summed E-state index contributed by atoms with van der Waals surface area (Å²) in [6.45, 7) is 3.03. The van der Waals surface area contributed by atoms with E-state index in [1.807, 2.05) is 24.3 Å². The number of fused-ring (bicyclic) bond motifs is 3. The number of aryl methyl sites for hydroxylation is 1. The van der Waals surface area contributed by atoms with Crippen molar-refractivity contribution < 1.29 is 4.39 Å². The Bertz CT molecular complexity index is 577. The van der Waals surface area contributed by atoms with Crippen LogP contribution in [0, 0.1) is 5.82 Å². The first-order chi connectivity index (χ1) is 8.81. The molecular formula is C16H18FN. The summed E-state index contributed by atoms with van der Waals surface area (Å²) < 4.78 is 14.2. The molecule has 0 spiro atoms. The van der Waals surface area contributed by atoms with Gasteiger partial charge >= 0.3 is 0 Å². The fourth-order valence-electron chi connectivity index (χ4n) is 3.10. The van der Waals surface area contributed by atoms with Gasteiger partial charge in [-0.25, -0.2) is 4.39 Å². The zero-order chi connectivity index (χ0) is 12.5. The zero-order valence-electron chi connectivity index (χ0n) is 10.7. The minimum absolute atomic E-state index is 0.0887. The molecule has 18 heavy (non-hydrogen) atoms. The largest absolute Gasteiger partial charge is 0.310 e. The highest BCUT2D eigenvalue weighted by Gasteiger charge is 2.22. The topological polar surface area (TPSA) is 12.0 Å². The Kier molecular flexibility index (Phi) is 3.04. The molecule has 1 unspecified atom stereocenters. The van der Waals surface area contributed by atoms with E-state index in [9.17, 15) is 4.39 Å². The van der Waals surface area contributed by atoms with E-state index >= 15 is 0 Å². The van der Waals surface area contributed by atoms with Gasteiger partial charge in [0.2, 0.25) is 0 Å². The summed E-state index contributed by atoms with van der Waals surface area (Å²) >= 11 is 0. The van der Waals surface area contributed by atoms with Crippen LogP contribution in [0.3, 0.4) is 0 Å². The molecule has 2 aromatic carbocycles. The van der Waals surface area contributed by atoms with Crippen molar-refractivity contribution in [3.05, 3.63) is 47.3 Å². The number of halogens is 1. The average molecular weight is 243 g/mol. The Morgan fingerprint density at radius 1 is 1.28 bits per heavy atom. The summed E-state index contributed by atoms with van der Waals surface area (Å²) in [4.78, 5) is 0. The summed E-state index contributed by atoms with van der Waals surface area (Å²) in [6, 6.07) is 9.89. The Balaban J connectivity index is 2.22. The molecule has 0 amide bonds. The summed E-state index contributed by atoms with van der Waals surface area (Å²) in [7, 11) is 0. The van der Waals surface area contributed by atoms with E-state index in [0.29, 0.717) is 6.04 Å². The Morgan fingerprint density at radius 2 is 2.06 bits per heavy atom. The molecule has 0 fully saturated rings. The highest BCUT2D eigenvalue weighted by molar-refractivity contribution is 5.87. The van der Waals surface area contributed by atoms with Crippen molar-refractivity contribution in [2.75, 3.05) is 6.54 Å². The third-order valence-corrected chi connectivity index (χ3v) is 3.89. The number of hydrogen-bond acceptors (Lipinski definition) is 1. The summed E-state index contributed by atoms with van der Waals surface area (Å²) in [5.74, 6) is -0.0887. The molecule has 1 atom stereocenters. The Morgan fingerprint density at radius 3 is 2.83 bits per heavy atom. The SMILES string of the molecule is CCNC1CCCc2c1cc(F)c1ccccc21. The van der Waals surface area contributed by atoms with Gasteiger partial charge in [0, 0.05) is 11.4 Å². The fourth-order valence-corrected chi connectivity index (χ4v) is 3.10. The van der Waals surface area contributed by atoms with Crippen LogP contribution in [0.15, 0.2) is 30.3 Å². The van der Waals surface area contributed by atoms with Crippen molar-refractivity contribution in [1.29, 1.82) is 0 Å². The predicted octanol–water partition coefficient (Wildman–Crippen LogP) is 3.97. The number of nitrogens with one attached hydrogen (secondary N) is 1. The molecule has 0 aliphatic heterocycles. The van der Waals surface area contributed by atoms with Crippen LogP contribution in [0.25, 0.3) is 10.8 Å². The van der Waals surface area contributed by atoms with Gasteiger partial charge in [-0.3, -0.25) is 0 Å².